The van der Waals surface area contributed by atoms with E-state index in [0.717, 1.165) is 10.4 Å². The van der Waals surface area contributed by atoms with Gasteiger partial charge in [-0.05, 0) is 25.1 Å². The summed E-state index contributed by atoms with van der Waals surface area (Å²) in [5.41, 5.74) is -1.48. The fourth-order valence-corrected chi connectivity index (χ4v) is 3.69. The van der Waals surface area contributed by atoms with E-state index in [1.54, 1.807) is 6.92 Å². The van der Waals surface area contributed by atoms with Gasteiger partial charge in [-0.25, -0.2) is 12.8 Å². The average Bonchev–Trinajstić information content (AvgIpc) is 2.37. The maximum absolute atomic E-state index is 13.5. The Hall–Kier alpha value is -1.19. The van der Waals surface area contributed by atoms with Crippen LogP contribution in [0, 0.1) is 5.82 Å². The van der Waals surface area contributed by atoms with Crippen molar-refractivity contribution in [2.24, 2.45) is 0 Å². The van der Waals surface area contributed by atoms with Crippen LogP contribution in [0.15, 0.2) is 23.1 Å². The van der Waals surface area contributed by atoms with Gasteiger partial charge in [-0.3, -0.25) is 0 Å². The first-order valence-electron chi connectivity index (χ1n) is 6.22. The van der Waals surface area contributed by atoms with Gasteiger partial charge in [0.05, 0.1) is 10.5 Å². The van der Waals surface area contributed by atoms with E-state index >= 15 is 0 Å². The summed E-state index contributed by atoms with van der Waals surface area (Å²) in [4.78, 5) is -0.470. The van der Waals surface area contributed by atoms with E-state index in [1.807, 2.05) is 0 Å². The largest absolute Gasteiger partial charge is 0.419 e. The van der Waals surface area contributed by atoms with Gasteiger partial charge in [0.25, 0.3) is 0 Å². The molecule has 9 heteroatoms. The second-order valence-electron chi connectivity index (χ2n) is 4.86. The van der Waals surface area contributed by atoms with Crippen molar-refractivity contribution >= 4 is 10.0 Å². The van der Waals surface area contributed by atoms with Crippen molar-refractivity contribution in [3.63, 3.8) is 0 Å². The number of benzene rings is 1. The van der Waals surface area contributed by atoms with E-state index in [1.165, 1.54) is 0 Å². The second kappa shape index (κ2) is 5.54. The number of nitrogens with zero attached hydrogens (tertiary/aromatic N) is 1. The molecule has 0 aromatic heterocycles. The van der Waals surface area contributed by atoms with Gasteiger partial charge in [-0.1, -0.05) is 0 Å². The summed E-state index contributed by atoms with van der Waals surface area (Å²) in [5.74, 6) is -1.59. The van der Waals surface area contributed by atoms with Gasteiger partial charge >= 0.3 is 6.18 Å². The van der Waals surface area contributed by atoms with Crippen LogP contribution in [0.1, 0.15) is 12.5 Å². The molecular weight excluding hydrogens is 312 g/mol. The van der Waals surface area contributed by atoms with Crippen molar-refractivity contribution in [3.8, 4) is 0 Å². The minimum atomic E-state index is -4.85. The van der Waals surface area contributed by atoms with Crippen LogP contribution in [0.25, 0.3) is 0 Å². The topological polar surface area (TPSA) is 49.4 Å². The highest BCUT2D eigenvalue weighted by Crippen LogP contribution is 2.32. The molecule has 1 N–H and O–H groups in total. The molecule has 0 spiro atoms. The van der Waals surface area contributed by atoms with E-state index in [-0.39, 0.29) is 19.1 Å². The molecule has 0 saturated carbocycles. The number of nitrogens with one attached hydrogen (secondary N) is 1. The maximum Gasteiger partial charge on any atom is 0.419 e. The number of hydrogen-bond donors (Lipinski definition) is 1. The minimum Gasteiger partial charge on any atom is -0.312 e. The Bertz CT molecular complexity index is 631. The first-order valence-corrected chi connectivity index (χ1v) is 7.66. The third-order valence-electron chi connectivity index (χ3n) is 3.22. The molecule has 1 aromatic carbocycles. The van der Waals surface area contributed by atoms with Crippen LogP contribution in [-0.2, 0) is 16.2 Å². The van der Waals surface area contributed by atoms with Crippen LogP contribution >= 0.6 is 0 Å². The van der Waals surface area contributed by atoms with Crippen LogP contribution in [0.4, 0.5) is 17.6 Å². The van der Waals surface area contributed by atoms with Crippen LogP contribution in [0.2, 0.25) is 0 Å². The predicted octanol–water partition coefficient (Wildman–Crippen LogP) is 1.83. The molecule has 0 radical (unpaired) electrons. The van der Waals surface area contributed by atoms with E-state index in [9.17, 15) is 26.0 Å². The summed E-state index contributed by atoms with van der Waals surface area (Å²) in [6.45, 7) is 2.60. The lowest BCUT2D eigenvalue weighted by Gasteiger charge is -2.31. The summed E-state index contributed by atoms with van der Waals surface area (Å²) in [7, 11) is -3.99. The molecule has 1 aliphatic heterocycles. The van der Waals surface area contributed by atoms with Gasteiger partial charge in [0, 0.05) is 25.7 Å². The van der Waals surface area contributed by atoms with Crippen LogP contribution in [0.3, 0.4) is 0 Å². The van der Waals surface area contributed by atoms with Crippen LogP contribution in [0.5, 0.6) is 0 Å². The smallest absolute Gasteiger partial charge is 0.312 e. The monoisotopic (exact) mass is 326 g/mol. The third kappa shape index (κ3) is 3.35. The molecule has 1 aliphatic rings. The highest BCUT2D eigenvalue weighted by Gasteiger charge is 2.36. The summed E-state index contributed by atoms with van der Waals surface area (Å²) < 4.78 is 76.7. The number of piperazine rings is 1. The average molecular weight is 326 g/mol. The molecule has 1 fully saturated rings. The summed E-state index contributed by atoms with van der Waals surface area (Å²) in [6, 6.07) is 1.58. The molecule has 2 rings (SSSR count). The first-order chi connectivity index (χ1) is 9.62. The number of halogens is 4. The quantitative estimate of drug-likeness (QED) is 0.844. The van der Waals surface area contributed by atoms with Crippen molar-refractivity contribution in [1.29, 1.82) is 0 Å². The zero-order valence-corrected chi connectivity index (χ0v) is 11.9. The van der Waals surface area contributed by atoms with Gasteiger partial charge in [-0.2, -0.15) is 17.5 Å². The number of sulfonamides is 1. The molecule has 0 aliphatic carbocycles. The Kier molecular flexibility index (Phi) is 4.27. The van der Waals surface area contributed by atoms with Crippen molar-refractivity contribution in [1.82, 2.24) is 9.62 Å². The lowest BCUT2D eigenvalue weighted by Crippen LogP contribution is -2.51. The van der Waals surface area contributed by atoms with E-state index in [2.05, 4.69) is 5.32 Å². The predicted molar refractivity (Wildman–Crippen MR) is 67.6 cm³/mol. The van der Waals surface area contributed by atoms with Crippen molar-refractivity contribution < 1.29 is 26.0 Å². The highest BCUT2D eigenvalue weighted by atomic mass is 32.2. The molecule has 1 heterocycles. The van der Waals surface area contributed by atoms with E-state index in [0.29, 0.717) is 18.7 Å². The standard InChI is InChI=1S/C12H14F4N2O2S/c1-8-7-18(5-4-17-8)21(19,20)9-2-3-10(11(13)6-9)12(14,15)16/h2-3,6,8,17H,4-5,7H2,1H3. The normalized spacial score (nSPS) is 21.5. The van der Waals surface area contributed by atoms with Gasteiger partial charge in [0.1, 0.15) is 5.82 Å². The highest BCUT2D eigenvalue weighted by molar-refractivity contribution is 7.89. The first kappa shape index (κ1) is 16.2. The molecule has 1 unspecified atom stereocenters. The minimum absolute atomic E-state index is 0.0761. The van der Waals surface area contributed by atoms with Crippen molar-refractivity contribution in [2.75, 3.05) is 19.6 Å². The Morgan fingerprint density at radius 3 is 2.52 bits per heavy atom. The van der Waals surface area contributed by atoms with Crippen LogP contribution in [-0.4, -0.2) is 38.4 Å². The Balaban J connectivity index is 2.35. The Morgan fingerprint density at radius 2 is 2.00 bits per heavy atom. The number of alkyl halides is 3. The Morgan fingerprint density at radius 1 is 1.33 bits per heavy atom. The molecule has 4 nitrogen and oxygen atoms in total. The summed E-state index contributed by atoms with van der Waals surface area (Å²) in [6.07, 6.45) is -4.85. The van der Waals surface area contributed by atoms with Gasteiger partial charge in [-0.15, -0.1) is 0 Å². The van der Waals surface area contributed by atoms with Gasteiger partial charge in [0.15, 0.2) is 0 Å². The summed E-state index contributed by atoms with van der Waals surface area (Å²) >= 11 is 0. The lowest BCUT2D eigenvalue weighted by molar-refractivity contribution is -0.140. The fraction of sp³-hybridized carbons (Fsp3) is 0.500. The molecule has 0 amide bonds. The lowest BCUT2D eigenvalue weighted by atomic mass is 10.2. The van der Waals surface area contributed by atoms with E-state index in [4.69, 9.17) is 0 Å². The van der Waals surface area contributed by atoms with E-state index < -0.39 is 32.5 Å². The van der Waals surface area contributed by atoms with Gasteiger partial charge in [0.2, 0.25) is 10.0 Å². The molecule has 1 saturated heterocycles. The molecule has 1 atom stereocenters. The third-order valence-corrected chi connectivity index (χ3v) is 5.08. The fourth-order valence-electron chi connectivity index (χ4n) is 2.15. The molecule has 1 aromatic rings. The molecule has 0 bridgehead atoms. The summed E-state index contributed by atoms with van der Waals surface area (Å²) in [5, 5.41) is 3.05. The zero-order valence-electron chi connectivity index (χ0n) is 11.1. The second-order valence-corrected chi connectivity index (χ2v) is 6.80. The SMILES string of the molecule is CC1CN(S(=O)(=O)c2ccc(C(F)(F)F)c(F)c2)CCN1. The van der Waals surface area contributed by atoms with Crippen LogP contribution < -0.4 is 5.32 Å². The molecule has 21 heavy (non-hydrogen) atoms. The Labute approximate surface area is 119 Å². The van der Waals surface area contributed by atoms with Crippen molar-refractivity contribution in [3.05, 3.63) is 29.6 Å². The number of rotatable bonds is 2. The maximum atomic E-state index is 13.5. The van der Waals surface area contributed by atoms with Crippen molar-refractivity contribution in [2.45, 2.75) is 24.0 Å². The molecule has 118 valence electrons. The molecular formula is C12H14F4N2O2S. The number of hydrogen-bond acceptors (Lipinski definition) is 3. The zero-order chi connectivity index (χ0) is 15.8. The van der Waals surface area contributed by atoms with Gasteiger partial charge < -0.3 is 5.32 Å².